The molecule has 0 radical (unpaired) electrons. The van der Waals surface area contributed by atoms with Crippen LogP contribution in [0.1, 0.15) is 57.6 Å². The van der Waals surface area contributed by atoms with Crippen LogP contribution in [0.3, 0.4) is 0 Å². The van der Waals surface area contributed by atoms with Gasteiger partial charge in [-0.05, 0) is 38.4 Å². The van der Waals surface area contributed by atoms with Crippen LogP contribution in [-0.2, 0) is 0 Å². The number of rotatable bonds is 6. The molecule has 1 aliphatic rings. The van der Waals surface area contributed by atoms with Crippen LogP contribution in [0.25, 0.3) is 5.65 Å². The molecular formula is C17H25ClN4S. The Balaban J connectivity index is 1.94. The van der Waals surface area contributed by atoms with E-state index in [4.69, 9.17) is 16.6 Å². The molecule has 0 saturated heterocycles. The number of anilines is 1. The Morgan fingerprint density at radius 3 is 2.83 bits per heavy atom. The van der Waals surface area contributed by atoms with Crippen molar-refractivity contribution >= 4 is 34.8 Å². The summed E-state index contributed by atoms with van der Waals surface area (Å²) in [5.41, 5.74) is 1.88. The molecule has 1 N–H and O–H groups in total. The summed E-state index contributed by atoms with van der Waals surface area (Å²) in [6, 6.07) is 2.68. The van der Waals surface area contributed by atoms with Gasteiger partial charge in [-0.3, -0.25) is 0 Å². The molecule has 23 heavy (non-hydrogen) atoms. The van der Waals surface area contributed by atoms with Crippen LogP contribution >= 0.6 is 23.4 Å². The number of aromatic nitrogens is 3. The Morgan fingerprint density at radius 1 is 1.39 bits per heavy atom. The SMILES string of the molecule is CCC(CC)c1cc(N[C@H]2CCC(SC)C2)n2ncc(Cl)c2n1. The van der Waals surface area contributed by atoms with Gasteiger partial charge in [-0.15, -0.1) is 0 Å². The third-order valence-electron chi connectivity index (χ3n) is 4.92. The van der Waals surface area contributed by atoms with Gasteiger partial charge in [0.2, 0.25) is 0 Å². The smallest absolute Gasteiger partial charge is 0.176 e. The lowest BCUT2D eigenvalue weighted by molar-refractivity contribution is 0.622. The number of hydrogen-bond acceptors (Lipinski definition) is 4. The highest BCUT2D eigenvalue weighted by Crippen LogP contribution is 2.32. The molecule has 2 atom stereocenters. The van der Waals surface area contributed by atoms with Crippen molar-refractivity contribution in [1.29, 1.82) is 0 Å². The molecule has 6 heteroatoms. The summed E-state index contributed by atoms with van der Waals surface area (Å²) in [7, 11) is 0. The molecule has 2 heterocycles. The van der Waals surface area contributed by atoms with E-state index in [1.807, 2.05) is 16.3 Å². The normalized spacial score (nSPS) is 21.4. The van der Waals surface area contributed by atoms with E-state index >= 15 is 0 Å². The number of nitrogens with zero attached hydrogens (tertiary/aromatic N) is 3. The van der Waals surface area contributed by atoms with Crippen molar-refractivity contribution in [3.8, 4) is 0 Å². The maximum Gasteiger partial charge on any atom is 0.176 e. The fourth-order valence-electron chi connectivity index (χ4n) is 3.47. The average molecular weight is 353 g/mol. The Hall–Kier alpha value is -0.940. The maximum absolute atomic E-state index is 6.29. The monoisotopic (exact) mass is 352 g/mol. The zero-order valence-corrected chi connectivity index (χ0v) is 15.6. The fourth-order valence-corrected chi connectivity index (χ4v) is 4.43. The molecule has 0 spiro atoms. The summed E-state index contributed by atoms with van der Waals surface area (Å²) in [5.74, 6) is 1.49. The van der Waals surface area contributed by atoms with E-state index in [0.717, 1.165) is 35.3 Å². The lowest BCUT2D eigenvalue weighted by atomic mass is 9.99. The van der Waals surface area contributed by atoms with Crippen molar-refractivity contribution in [2.45, 2.75) is 63.2 Å². The van der Waals surface area contributed by atoms with E-state index in [0.29, 0.717) is 17.0 Å². The quantitative estimate of drug-likeness (QED) is 0.795. The predicted octanol–water partition coefficient (Wildman–Crippen LogP) is 4.98. The van der Waals surface area contributed by atoms with Gasteiger partial charge in [0.15, 0.2) is 5.65 Å². The first kappa shape index (κ1) is 16.9. The topological polar surface area (TPSA) is 42.2 Å². The summed E-state index contributed by atoms with van der Waals surface area (Å²) in [6.07, 6.45) is 9.77. The summed E-state index contributed by atoms with van der Waals surface area (Å²) in [6.45, 7) is 4.43. The molecule has 0 aromatic carbocycles. The number of thioether (sulfide) groups is 1. The predicted molar refractivity (Wildman–Crippen MR) is 99.9 cm³/mol. The first-order valence-electron chi connectivity index (χ1n) is 8.49. The second-order valence-electron chi connectivity index (χ2n) is 6.32. The van der Waals surface area contributed by atoms with Crippen LogP contribution in [0, 0.1) is 0 Å². The van der Waals surface area contributed by atoms with E-state index in [2.05, 4.69) is 36.6 Å². The van der Waals surface area contributed by atoms with Gasteiger partial charge in [-0.1, -0.05) is 25.4 Å². The molecule has 1 unspecified atom stereocenters. The van der Waals surface area contributed by atoms with Gasteiger partial charge in [0.1, 0.15) is 10.8 Å². The summed E-state index contributed by atoms with van der Waals surface area (Å²) >= 11 is 8.27. The molecule has 0 amide bonds. The zero-order valence-electron chi connectivity index (χ0n) is 14.1. The lowest BCUT2D eigenvalue weighted by Gasteiger charge is -2.18. The minimum absolute atomic E-state index is 0.467. The average Bonchev–Trinajstić information content (AvgIpc) is 3.16. The maximum atomic E-state index is 6.29. The minimum atomic E-state index is 0.467. The van der Waals surface area contributed by atoms with Crippen molar-refractivity contribution in [2.75, 3.05) is 11.6 Å². The van der Waals surface area contributed by atoms with E-state index in [9.17, 15) is 0 Å². The second kappa shape index (κ2) is 7.31. The van der Waals surface area contributed by atoms with Crippen LogP contribution < -0.4 is 5.32 Å². The molecule has 1 aliphatic carbocycles. The van der Waals surface area contributed by atoms with Gasteiger partial charge in [0.05, 0.1) is 6.20 Å². The van der Waals surface area contributed by atoms with Crippen molar-refractivity contribution in [1.82, 2.24) is 14.6 Å². The zero-order chi connectivity index (χ0) is 16.4. The van der Waals surface area contributed by atoms with E-state index in [1.165, 1.54) is 19.3 Å². The third-order valence-corrected chi connectivity index (χ3v) is 6.28. The molecule has 4 nitrogen and oxygen atoms in total. The van der Waals surface area contributed by atoms with Crippen LogP contribution in [0.4, 0.5) is 5.82 Å². The molecule has 2 aromatic heterocycles. The molecule has 126 valence electrons. The van der Waals surface area contributed by atoms with Gasteiger partial charge in [0.25, 0.3) is 0 Å². The lowest BCUT2D eigenvalue weighted by Crippen LogP contribution is -2.19. The number of nitrogens with one attached hydrogen (secondary N) is 1. The highest BCUT2D eigenvalue weighted by molar-refractivity contribution is 7.99. The molecule has 2 aromatic rings. The second-order valence-corrected chi connectivity index (χ2v) is 7.86. The third kappa shape index (κ3) is 3.45. The largest absolute Gasteiger partial charge is 0.367 e. The van der Waals surface area contributed by atoms with Crippen LogP contribution in [-0.4, -0.2) is 32.1 Å². The molecule has 1 fully saturated rings. The first-order chi connectivity index (χ1) is 11.2. The van der Waals surface area contributed by atoms with Gasteiger partial charge in [-0.2, -0.15) is 21.4 Å². The molecule has 0 bridgehead atoms. The van der Waals surface area contributed by atoms with Gasteiger partial charge >= 0.3 is 0 Å². The Bertz CT molecular complexity index is 668. The van der Waals surface area contributed by atoms with Gasteiger partial charge in [-0.25, -0.2) is 4.98 Å². The fraction of sp³-hybridized carbons (Fsp3) is 0.647. The van der Waals surface area contributed by atoms with E-state index in [-0.39, 0.29) is 0 Å². The Morgan fingerprint density at radius 2 is 2.17 bits per heavy atom. The van der Waals surface area contributed by atoms with Crippen molar-refractivity contribution in [2.24, 2.45) is 0 Å². The van der Waals surface area contributed by atoms with Crippen LogP contribution in [0.2, 0.25) is 5.02 Å². The Labute approximate surface area is 147 Å². The summed E-state index contributed by atoms with van der Waals surface area (Å²) < 4.78 is 1.85. The number of halogens is 1. The number of fused-ring (bicyclic) bond motifs is 1. The molecule has 0 aliphatic heterocycles. The van der Waals surface area contributed by atoms with Crippen LogP contribution in [0.5, 0.6) is 0 Å². The van der Waals surface area contributed by atoms with Gasteiger partial charge in [0, 0.05) is 29.0 Å². The van der Waals surface area contributed by atoms with E-state index in [1.54, 1.807) is 6.20 Å². The summed E-state index contributed by atoms with van der Waals surface area (Å²) in [4.78, 5) is 4.77. The highest BCUT2D eigenvalue weighted by Gasteiger charge is 2.25. The first-order valence-corrected chi connectivity index (χ1v) is 10.2. The highest BCUT2D eigenvalue weighted by atomic mass is 35.5. The van der Waals surface area contributed by atoms with Crippen molar-refractivity contribution < 1.29 is 0 Å². The van der Waals surface area contributed by atoms with Crippen LogP contribution in [0.15, 0.2) is 12.3 Å². The van der Waals surface area contributed by atoms with Crippen molar-refractivity contribution in [3.05, 3.63) is 23.0 Å². The number of hydrogen-bond donors (Lipinski definition) is 1. The molecule has 3 rings (SSSR count). The van der Waals surface area contributed by atoms with Crippen molar-refractivity contribution in [3.63, 3.8) is 0 Å². The molecule has 1 saturated carbocycles. The standard InChI is InChI=1S/C17H25ClN4S/c1-4-11(5-2)15-9-16(20-12-6-7-13(8-12)23-3)22-17(21-15)14(18)10-19-22/h9-13,20H,4-8H2,1-3H3/t12-,13?/m0/s1. The minimum Gasteiger partial charge on any atom is -0.367 e. The molecular weight excluding hydrogens is 328 g/mol. The van der Waals surface area contributed by atoms with E-state index < -0.39 is 0 Å². The van der Waals surface area contributed by atoms with Gasteiger partial charge < -0.3 is 5.32 Å². The Kier molecular flexibility index (Phi) is 5.37. The summed E-state index contributed by atoms with van der Waals surface area (Å²) in [5, 5.41) is 9.49.